The second-order valence-corrected chi connectivity index (χ2v) is 12.1. The van der Waals surface area contributed by atoms with Gasteiger partial charge in [0, 0.05) is 19.4 Å². The third kappa shape index (κ3) is 7.09. The molecule has 0 saturated carbocycles. The van der Waals surface area contributed by atoms with E-state index in [0.29, 0.717) is 13.0 Å². The highest BCUT2D eigenvalue weighted by Gasteiger charge is 2.43. The Kier molecular flexibility index (Phi) is 10.2. The number of Topliss-reactive ketones (excluding diaryl/α,β-unsaturated/α-hetero) is 1. The molecular weight excluding hydrogens is 500 g/mol. The van der Waals surface area contributed by atoms with Crippen molar-refractivity contribution in [3.8, 4) is 12.3 Å². The first-order valence-corrected chi connectivity index (χ1v) is 14.1. The summed E-state index contributed by atoms with van der Waals surface area (Å²) in [6, 6.07) is 5.80. The number of aliphatic hydroxyl groups is 2. The Labute approximate surface area is 229 Å². The first-order valence-electron chi connectivity index (χ1n) is 13.3. The molecule has 5 atom stereocenters. The molecule has 1 aromatic heterocycles. The lowest BCUT2D eigenvalue weighted by molar-refractivity contribution is -0.156. The van der Waals surface area contributed by atoms with Crippen molar-refractivity contribution in [3.63, 3.8) is 0 Å². The number of carbonyl (C=O) groups excluding carboxylic acids is 2. The molecule has 0 fully saturated rings. The van der Waals surface area contributed by atoms with Gasteiger partial charge in [0.1, 0.15) is 16.9 Å². The number of hydrogen-bond donors (Lipinski definition) is 3. The number of thiazole rings is 1. The van der Waals surface area contributed by atoms with Crippen LogP contribution in [0.1, 0.15) is 82.9 Å². The van der Waals surface area contributed by atoms with Gasteiger partial charge in [-0.2, -0.15) is 0 Å². The highest BCUT2D eigenvalue weighted by molar-refractivity contribution is 7.18. The molecule has 7 nitrogen and oxygen atoms in total. The predicted molar refractivity (Wildman–Crippen MR) is 150 cm³/mol. The fourth-order valence-corrected chi connectivity index (χ4v) is 5.80. The van der Waals surface area contributed by atoms with E-state index in [4.69, 9.17) is 16.9 Å². The van der Waals surface area contributed by atoms with Crippen LogP contribution in [-0.2, 0) is 20.9 Å². The fraction of sp³-hybridized carbons (Fsp3) is 0.567. The number of nitrogens with zero attached hydrogens (tertiary/aromatic N) is 1. The Bertz CT molecular complexity index is 1210. The van der Waals surface area contributed by atoms with Gasteiger partial charge in [-0.1, -0.05) is 38.5 Å². The van der Waals surface area contributed by atoms with E-state index >= 15 is 0 Å². The van der Waals surface area contributed by atoms with Gasteiger partial charge in [0.05, 0.1) is 40.2 Å². The molecule has 4 N–H and O–H groups in total. The fourth-order valence-electron chi connectivity index (χ4n) is 4.97. The van der Waals surface area contributed by atoms with E-state index in [1.54, 1.807) is 13.8 Å². The molecule has 38 heavy (non-hydrogen) atoms. The van der Waals surface area contributed by atoms with E-state index in [0.717, 1.165) is 45.6 Å². The number of ether oxygens (including phenoxy) is 1. The summed E-state index contributed by atoms with van der Waals surface area (Å²) in [5.74, 6) is 0.584. The number of aliphatic hydroxyl groups excluding tert-OH is 2. The van der Waals surface area contributed by atoms with Crippen molar-refractivity contribution in [2.75, 3.05) is 0 Å². The Morgan fingerprint density at radius 1 is 1.29 bits per heavy atom. The maximum Gasteiger partial charge on any atom is 0.309 e. The van der Waals surface area contributed by atoms with E-state index in [2.05, 4.69) is 17.0 Å². The lowest BCUT2D eigenvalue weighted by Crippen LogP contribution is -2.46. The topological polar surface area (TPSA) is 123 Å². The van der Waals surface area contributed by atoms with Crippen molar-refractivity contribution in [2.45, 2.75) is 91.1 Å². The molecule has 1 aromatic carbocycles. The lowest BCUT2D eigenvalue weighted by atomic mass is 9.71. The van der Waals surface area contributed by atoms with E-state index in [-0.39, 0.29) is 24.5 Å². The van der Waals surface area contributed by atoms with Crippen LogP contribution >= 0.6 is 11.3 Å². The first-order chi connectivity index (χ1) is 18.0. The third-order valence-electron chi connectivity index (χ3n) is 7.68. The Hall–Kier alpha value is -2.57. The molecule has 0 amide bonds. The van der Waals surface area contributed by atoms with Gasteiger partial charge >= 0.3 is 5.97 Å². The first kappa shape index (κ1) is 30.0. The van der Waals surface area contributed by atoms with Crippen LogP contribution < -0.4 is 5.73 Å². The Morgan fingerprint density at radius 2 is 2.03 bits per heavy atom. The minimum Gasteiger partial charge on any atom is -0.457 e. The zero-order chi connectivity index (χ0) is 28.0. The van der Waals surface area contributed by atoms with Crippen LogP contribution in [0.5, 0.6) is 0 Å². The number of ketones is 1. The van der Waals surface area contributed by atoms with Crippen LogP contribution in [0.3, 0.4) is 0 Å². The Balaban J connectivity index is 1.94. The quantitative estimate of drug-likeness (QED) is 0.289. The zero-order valence-corrected chi connectivity index (χ0v) is 23.6. The SMILES string of the molecule is C#CC[C@H]1C(=O)C(C)(C)[C@@H](O)CC(=O)O[C@H](c2ccc3sc(CN)nc3c2)C/C=C(/C)CCC[C@H](C)[C@@H]1O. The van der Waals surface area contributed by atoms with Crippen molar-refractivity contribution >= 4 is 33.3 Å². The van der Waals surface area contributed by atoms with Crippen LogP contribution in [0.4, 0.5) is 0 Å². The van der Waals surface area contributed by atoms with Gasteiger partial charge in [0.25, 0.3) is 0 Å². The minimum atomic E-state index is -1.30. The number of aromatic nitrogens is 1. The molecule has 2 heterocycles. The van der Waals surface area contributed by atoms with Crippen molar-refractivity contribution in [3.05, 3.63) is 40.4 Å². The van der Waals surface area contributed by atoms with Crippen molar-refractivity contribution in [1.29, 1.82) is 0 Å². The largest absolute Gasteiger partial charge is 0.457 e. The standard InChI is InChI=1S/C30H40N2O5S/c1-6-8-21-28(35)19(3)10-7-9-18(2)11-13-23(37-27(34)16-25(33)30(4,5)29(21)36)20-12-14-24-22(15-20)32-26(17-31)38-24/h1,11-12,14-15,19,21,23,25,28,33,35H,7-10,13,16-17,31H2,2-5H3/b18-11-/t19-,21+,23-,25-,28-/m0/s1. The normalized spacial score (nSPS) is 29.3. The van der Waals surface area contributed by atoms with Crippen LogP contribution in [-0.4, -0.2) is 39.2 Å². The predicted octanol–water partition coefficient (Wildman–Crippen LogP) is 4.84. The van der Waals surface area contributed by atoms with Gasteiger partial charge < -0.3 is 20.7 Å². The summed E-state index contributed by atoms with van der Waals surface area (Å²) < 4.78 is 6.90. The van der Waals surface area contributed by atoms with E-state index < -0.39 is 35.6 Å². The molecular formula is C30H40N2O5S. The maximum absolute atomic E-state index is 13.5. The van der Waals surface area contributed by atoms with Gasteiger partial charge in [-0.15, -0.1) is 23.7 Å². The molecule has 0 aliphatic carbocycles. The number of carbonyl (C=O) groups is 2. The van der Waals surface area contributed by atoms with E-state index in [1.165, 1.54) is 11.3 Å². The monoisotopic (exact) mass is 540 g/mol. The number of cyclic esters (lactones) is 1. The van der Waals surface area contributed by atoms with Crippen molar-refractivity contribution in [2.24, 2.45) is 23.0 Å². The summed E-state index contributed by atoms with van der Waals surface area (Å²) >= 11 is 1.53. The highest BCUT2D eigenvalue weighted by Crippen LogP contribution is 2.35. The summed E-state index contributed by atoms with van der Waals surface area (Å²) in [5.41, 5.74) is 7.21. The molecule has 0 bridgehead atoms. The second-order valence-electron chi connectivity index (χ2n) is 11.0. The number of esters is 1. The zero-order valence-electron chi connectivity index (χ0n) is 22.8. The molecule has 2 aromatic rings. The molecule has 3 rings (SSSR count). The number of benzene rings is 1. The number of terminal acetylenes is 1. The molecule has 0 unspecified atom stereocenters. The van der Waals surface area contributed by atoms with Crippen LogP contribution in [0.15, 0.2) is 29.8 Å². The van der Waals surface area contributed by atoms with Gasteiger partial charge in [0.2, 0.25) is 0 Å². The van der Waals surface area contributed by atoms with Gasteiger partial charge in [-0.05, 0) is 49.8 Å². The van der Waals surface area contributed by atoms with Crippen molar-refractivity contribution in [1.82, 2.24) is 4.98 Å². The number of fused-ring (bicyclic) bond motifs is 1. The summed E-state index contributed by atoms with van der Waals surface area (Å²) in [6.07, 6.45) is 7.37. The average Bonchev–Trinajstić information content (AvgIpc) is 3.30. The highest BCUT2D eigenvalue weighted by atomic mass is 32.1. The molecule has 8 heteroatoms. The second kappa shape index (κ2) is 13.0. The summed E-state index contributed by atoms with van der Waals surface area (Å²) in [5, 5.41) is 22.9. The smallest absolute Gasteiger partial charge is 0.309 e. The lowest BCUT2D eigenvalue weighted by Gasteiger charge is -2.35. The summed E-state index contributed by atoms with van der Waals surface area (Å²) in [7, 11) is 0. The van der Waals surface area contributed by atoms with Gasteiger partial charge in [-0.25, -0.2) is 4.98 Å². The van der Waals surface area contributed by atoms with Gasteiger partial charge in [0.15, 0.2) is 0 Å². The Morgan fingerprint density at radius 3 is 2.71 bits per heavy atom. The third-order valence-corrected chi connectivity index (χ3v) is 8.74. The van der Waals surface area contributed by atoms with Crippen molar-refractivity contribution < 1.29 is 24.5 Å². The number of hydrogen-bond acceptors (Lipinski definition) is 8. The molecule has 0 spiro atoms. The molecule has 206 valence electrons. The summed E-state index contributed by atoms with van der Waals surface area (Å²) in [4.78, 5) is 31.1. The molecule has 1 aliphatic heterocycles. The molecule has 0 saturated heterocycles. The summed E-state index contributed by atoms with van der Waals surface area (Å²) in [6.45, 7) is 7.50. The average molecular weight is 541 g/mol. The van der Waals surface area contributed by atoms with E-state index in [9.17, 15) is 19.8 Å². The van der Waals surface area contributed by atoms with Crippen LogP contribution in [0, 0.1) is 29.6 Å². The van der Waals surface area contributed by atoms with Gasteiger partial charge in [-0.3, -0.25) is 9.59 Å². The molecule has 1 aliphatic rings. The molecule has 0 radical (unpaired) electrons. The van der Waals surface area contributed by atoms with E-state index in [1.807, 2.05) is 32.0 Å². The minimum absolute atomic E-state index is 0.0664. The number of nitrogens with two attached hydrogens (primary N) is 1. The van der Waals surface area contributed by atoms with Crippen LogP contribution in [0.25, 0.3) is 10.2 Å². The maximum atomic E-state index is 13.5. The van der Waals surface area contributed by atoms with Crippen LogP contribution in [0.2, 0.25) is 0 Å². The number of allylic oxidation sites excluding steroid dienone is 1. The number of rotatable bonds is 3.